The maximum atomic E-state index is 5.48. The first-order valence-corrected chi connectivity index (χ1v) is 5.26. The third kappa shape index (κ3) is 4.73. The summed E-state index contributed by atoms with van der Waals surface area (Å²) in [5.41, 5.74) is 5.48. The van der Waals surface area contributed by atoms with Crippen LogP contribution in [0.4, 0.5) is 0 Å². The van der Waals surface area contributed by atoms with Crippen molar-refractivity contribution in [1.82, 2.24) is 5.32 Å². The van der Waals surface area contributed by atoms with Gasteiger partial charge in [-0.15, -0.1) is 0 Å². The quantitative estimate of drug-likeness (QED) is 0.568. The van der Waals surface area contributed by atoms with E-state index in [1.165, 1.54) is 38.6 Å². The molecule has 0 spiro atoms. The van der Waals surface area contributed by atoms with Crippen LogP contribution >= 0.6 is 0 Å². The van der Waals surface area contributed by atoms with E-state index in [1.54, 1.807) is 0 Å². The zero-order valence-corrected chi connectivity index (χ0v) is 8.18. The molecule has 1 fully saturated rings. The molecule has 0 bridgehead atoms. The molecule has 1 saturated carbocycles. The third-order valence-electron chi connectivity index (χ3n) is 2.54. The number of rotatable bonds is 7. The fraction of sp³-hybridized carbons (Fsp3) is 1.00. The predicted octanol–water partition coefficient (Wildman–Crippen LogP) is 1.50. The van der Waals surface area contributed by atoms with Crippen LogP contribution in [0.1, 0.15) is 39.0 Å². The minimum atomic E-state index is 0.816. The fourth-order valence-corrected chi connectivity index (χ4v) is 1.47. The Morgan fingerprint density at radius 3 is 2.75 bits per heavy atom. The molecule has 0 aromatic rings. The van der Waals surface area contributed by atoms with Gasteiger partial charge < -0.3 is 11.1 Å². The molecule has 2 heteroatoms. The number of nitrogens with two attached hydrogens (primary N) is 1. The summed E-state index contributed by atoms with van der Waals surface area (Å²) in [5, 5.41) is 3.52. The second-order valence-corrected chi connectivity index (χ2v) is 4.05. The summed E-state index contributed by atoms with van der Waals surface area (Å²) in [4.78, 5) is 0. The van der Waals surface area contributed by atoms with E-state index in [-0.39, 0.29) is 0 Å². The Bertz CT molecular complexity index is 110. The van der Waals surface area contributed by atoms with Gasteiger partial charge in [0.1, 0.15) is 0 Å². The minimum absolute atomic E-state index is 0.816. The van der Waals surface area contributed by atoms with E-state index in [0.717, 1.165) is 18.5 Å². The van der Waals surface area contributed by atoms with Gasteiger partial charge in [0.15, 0.2) is 0 Å². The number of hydrogen-bond acceptors (Lipinski definition) is 2. The summed E-state index contributed by atoms with van der Waals surface area (Å²) in [6.07, 6.45) is 6.63. The van der Waals surface area contributed by atoms with Gasteiger partial charge in [0.2, 0.25) is 0 Å². The summed E-state index contributed by atoms with van der Waals surface area (Å²) in [7, 11) is 0. The van der Waals surface area contributed by atoms with Crippen molar-refractivity contribution in [3.63, 3.8) is 0 Å². The summed E-state index contributed by atoms with van der Waals surface area (Å²) >= 11 is 0. The zero-order chi connectivity index (χ0) is 8.81. The van der Waals surface area contributed by atoms with Crippen LogP contribution in [-0.4, -0.2) is 19.1 Å². The van der Waals surface area contributed by atoms with E-state index in [1.807, 2.05) is 0 Å². The highest BCUT2D eigenvalue weighted by Gasteiger charge is 2.19. The predicted molar refractivity (Wildman–Crippen MR) is 53.1 cm³/mol. The number of hydrogen-bond donors (Lipinski definition) is 2. The highest BCUT2D eigenvalue weighted by atomic mass is 14.9. The summed E-state index contributed by atoms with van der Waals surface area (Å²) in [6, 6.07) is 0.870. The molecule has 0 heterocycles. The van der Waals surface area contributed by atoms with Crippen LogP contribution in [0.3, 0.4) is 0 Å². The lowest BCUT2D eigenvalue weighted by Crippen LogP contribution is -2.18. The molecule has 2 nitrogen and oxygen atoms in total. The average molecular weight is 170 g/mol. The van der Waals surface area contributed by atoms with Crippen molar-refractivity contribution in [2.75, 3.05) is 13.1 Å². The van der Waals surface area contributed by atoms with Crippen LogP contribution in [0.5, 0.6) is 0 Å². The zero-order valence-electron chi connectivity index (χ0n) is 8.18. The van der Waals surface area contributed by atoms with Gasteiger partial charge in [-0.25, -0.2) is 0 Å². The number of nitrogens with one attached hydrogen (secondary N) is 1. The first-order chi connectivity index (χ1) is 5.83. The van der Waals surface area contributed by atoms with E-state index in [9.17, 15) is 0 Å². The van der Waals surface area contributed by atoms with E-state index in [4.69, 9.17) is 5.73 Å². The van der Waals surface area contributed by atoms with E-state index in [2.05, 4.69) is 12.2 Å². The molecular weight excluding hydrogens is 148 g/mol. The maximum absolute atomic E-state index is 5.48. The maximum Gasteiger partial charge on any atom is 0.00682 e. The van der Waals surface area contributed by atoms with Crippen LogP contribution in [-0.2, 0) is 0 Å². The lowest BCUT2D eigenvalue weighted by atomic mass is 10.0. The average Bonchev–Trinajstić information content (AvgIpc) is 2.82. The van der Waals surface area contributed by atoms with Gasteiger partial charge in [-0.3, -0.25) is 0 Å². The first-order valence-electron chi connectivity index (χ1n) is 5.26. The van der Waals surface area contributed by atoms with Crippen LogP contribution in [0.2, 0.25) is 0 Å². The summed E-state index contributed by atoms with van der Waals surface area (Å²) < 4.78 is 0. The minimum Gasteiger partial charge on any atom is -0.330 e. The van der Waals surface area contributed by atoms with Crippen molar-refractivity contribution in [3.8, 4) is 0 Å². The Hall–Kier alpha value is -0.0800. The van der Waals surface area contributed by atoms with E-state index in [0.29, 0.717) is 0 Å². The van der Waals surface area contributed by atoms with Crippen molar-refractivity contribution < 1.29 is 0 Å². The van der Waals surface area contributed by atoms with Crippen LogP contribution in [0.25, 0.3) is 0 Å². The standard InChI is InChI=1S/C10H22N2/c1-9(6-7-11)3-2-8-12-10-4-5-10/h9-10,12H,2-8,11H2,1H3. The lowest BCUT2D eigenvalue weighted by molar-refractivity contribution is 0.468. The van der Waals surface area contributed by atoms with E-state index >= 15 is 0 Å². The molecule has 1 aliphatic rings. The van der Waals surface area contributed by atoms with Gasteiger partial charge in [0.05, 0.1) is 0 Å². The second-order valence-electron chi connectivity index (χ2n) is 4.05. The summed E-state index contributed by atoms with van der Waals surface area (Å²) in [6.45, 7) is 4.35. The Kier molecular flexibility index (Phi) is 4.62. The monoisotopic (exact) mass is 170 g/mol. The van der Waals surface area contributed by atoms with Crippen molar-refractivity contribution in [2.24, 2.45) is 11.7 Å². The van der Waals surface area contributed by atoms with Gasteiger partial charge in [-0.2, -0.15) is 0 Å². The van der Waals surface area contributed by atoms with Crippen LogP contribution in [0, 0.1) is 5.92 Å². The molecular formula is C10H22N2. The molecule has 1 aliphatic carbocycles. The topological polar surface area (TPSA) is 38.0 Å². The van der Waals surface area contributed by atoms with Crippen molar-refractivity contribution >= 4 is 0 Å². The largest absolute Gasteiger partial charge is 0.330 e. The molecule has 0 aromatic heterocycles. The molecule has 12 heavy (non-hydrogen) atoms. The Labute approximate surface area is 75.9 Å². The lowest BCUT2D eigenvalue weighted by Gasteiger charge is -2.09. The fourth-order valence-electron chi connectivity index (χ4n) is 1.47. The highest BCUT2D eigenvalue weighted by Crippen LogP contribution is 2.18. The molecule has 1 atom stereocenters. The van der Waals surface area contributed by atoms with E-state index < -0.39 is 0 Å². The van der Waals surface area contributed by atoms with Crippen LogP contribution in [0.15, 0.2) is 0 Å². The molecule has 0 aliphatic heterocycles. The van der Waals surface area contributed by atoms with Crippen LogP contribution < -0.4 is 11.1 Å². The van der Waals surface area contributed by atoms with Gasteiger partial charge in [-0.1, -0.05) is 6.92 Å². The Morgan fingerprint density at radius 1 is 1.42 bits per heavy atom. The Morgan fingerprint density at radius 2 is 2.17 bits per heavy atom. The first kappa shape index (κ1) is 10.0. The molecule has 1 rings (SSSR count). The van der Waals surface area contributed by atoms with Crippen molar-refractivity contribution in [2.45, 2.75) is 45.1 Å². The molecule has 72 valence electrons. The van der Waals surface area contributed by atoms with Gasteiger partial charge >= 0.3 is 0 Å². The van der Waals surface area contributed by atoms with Gasteiger partial charge in [0.25, 0.3) is 0 Å². The summed E-state index contributed by atoms with van der Waals surface area (Å²) in [5.74, 6) is 0.816. The van der Waals surface area contributed by atoms with Crippen molar-refractivity contribution in [3.05, 3.63) is 0 Å². The second kappa shape index (κ2) is 5.55. The molecule has 1 unspecified atom stereocenters. The smallest absolute Gasteiger partial charge is 0.00682 e. The molecule has 0 saturated heterocycles. The molecule has 3 N–H and O–H groups in total. The van der Waals surface area contributed by atoms with Gasteiger partial charge in [0, 0.05) is 6.04 Å². The van der Waals surface area contributed by atoms with Crippen molar-refractivity contribution in [1.29, 1.82) is 0 Å². The SMILES string of the molecule is CC(CCN)CCCNC1CC1. The highest BCUT2D eigenvalue weighted by molar-refractivity contribution is 4.80. The normalized spacial score (nSPS) is 19.5. The molecule has 0 aromatic carbocycles. The van der Waals surface area contributed by atoms with Gasteiger partial charge in [-0.05, 0) is 51.1 Å². The Balaban J connectivity index is 1.80. The third-order valence-corrected chi connectivity index (χ3v) is 2.54. The molecule has 0 amide bonds. The molecule has 0 radical (unpaired) electrons.